The molecule has 3 N–H and O–H groups in total. The van der Waals surface area contributed by atoms with Crippen molar-refractivity contribution in [1.82, 2.24) is 0 Å². The van der Waals surface area contributed by atoms with Gasteiger partial charge in [0.1, 0.15) is 19.3 Å². The number of unbranched alkanes of at least 4 members (excludes halogenated alkanes) is 65. The highest BCUT2D eigenvalue weighted by Crippen LogP contribution is 2.45. The molecule has 0 aliphatic carbocycles. The number of hydrogen-bond donors (Lipinski definition) is 3. The first-order valence-corrected chi connectivity index (χ1v) is 49.8. The summed E-state index contributed by atoms with van der Waals surface area (Å²) in [6.07, 6.45) is 80.6. The lowest BCUT2D eigenvalue weighted by atomic mass is 10.0. The molecule has 0 aromatic rings. The number of phosphoric ester groups is 2. The number of hydrogen-bond acceptors (Lipinski definition) is 15. The fourth-order valence-corrected chi connectivity index (χ4v) is 15.8. The number of rotatable bonds is 91. The third kappa shape index (κ3) is 83.8. The Morgan fingerprint density at radius 3 is 0.541 bits per heavy atom. The Hall–Kier alpha value is -1.94. The van der Waals surface area contributed by atoms with Crippen LogP contribution in [0.2, 0.25) is 0 Å². The fraction of sp³-hybridized carbons (Fsp3) is 0.956. The van der Waals surface area contributed by atoms with E-state index in [9.17, 15) is 43.2 Å². The Labute approximate surface area is 670 Å². The molecule has 0 spiro atoms. The Bertz CT molecular complexity index is 2050. The van der Waals surface area contributed by atoms with Gasteiger partial charge in [-0.3, -0.25) is 37.3 Å². The monoisotopic (exact) mass is 1590 g/mol. The minimum absolute atomic E-state index is 0.109. The number of aliphatic hydroxyl groups excluding tert-OH is 1. The molecule has 0 amide bonds. The molecule has 2 unspecified atom stereocenters. The first-order valence-electron chi connectivity index (χ1n) is 46.8. The van der Waals surface area contributed by atoms with Gasteiger partial charge in [-0.05, 0) is 25.7 Å². The molecule has 0 heterocycles. The molecule has 0 bridgehead atoms. The molecule has 0 rings (SSSR count). The SMILES string of the molecule is CCCCCCCCCCCCCCCCCCCCCCCCC(=O)O[C@H](COC(=O)CCCCCCCCCCCCCCCCCCCCCC)COP(=O)(O)OC[C@@H](O)COP(=O)(O)OC[C@@H](COC(=O)CCCCCCCCCCCCCCC)OC(=O)CCCCCCCCCCCCCCCC. The van der Waals surface area contributed by atoms with Crippen molar-refractivity contribution in [3.63, 3.8) is 0 Å². The van der Waals surface area contributed by atoms with E-state index in [1.807, 2.05) is 0 Å². The Morgan fingerprint density at radius 1 is 0.220 bits per heavy atom. The third-order valence-electron chi connectivity index (χ3n) is 21.4. The molecule has 0 saturated carbocycles. The Balaban J connectivity index is 5.23. The standard InChI is InChI=1S/C90H176O17P2/c1-5-9-13-17-21-25-29-33-36-38-40-42-43-45-47-49-53-57-61-65-69-73-77-90(95)107-86(81-101-88(93)75-71-67-63-59-55-52-48-46-44-41-39-37-34-30-26-22-18-14-10-6-2)83-105-109(98,99)103-79-84(91)78-102-108(96,97)104-82-85(80-100-87(92)74-70-66-62-58-54-50-32-28-24-20-16-12-8-4)106-89(94)76-72-68-64-60-56-51-35-31-27-23-19-15-11-7-3/h84-86,91H,5-83H2,1-4H3,(H,96,97)(H,98,99)/t84-,85+,86+/m0/s1. The number of phosphoric acid groups is 2. The maximum atomic E-state index is 13.2. The maximum Gasteiger partial charge on any atom is 0.472 e. The van der Waals surface area contributed by atoms with Gasteiger partial charge < -0.3 is 33.8 Å². The average Bonchev–Trinajstić information content (AvgIpc) is 0.912. The summed E-state index contributed by atoms with van der Waals surface area (Å²) in [5, 5.41) is 10.7. The maximum absolute atomic E-state index is 13.2. The topological polar surface area (TPSA) is 237 Å². The predicted octanol–water partition coefficient (Wildman–Crippen LogP) is 28.1. The van der Waals surface area contributed by atoms with Gasteiger partial charge in [-0.15, -0.1) is 0 Å². The lowest BCUT2D eigenvalue weighted by Gasteiger charge is -2.21. The molecule has 109 heavy (non-hydrogen) atoms. The van der Waals surface area contributed by atoms with Crippen LogP contribution in [-0.2, 0) is 65.4 Å². The van der Waals surface area contributed by atoms with Gasteiger partial charge in [-0.25, -0.2) is 9.13 Å². The lowest BCUT2D eigenvalue weighted by molar-refractivity contribution is -0.161. The number of ether oxygens (including phenoxy) is 4. The molecule has 0 fully saturated rings. The van der Waals surface area contributed by atoms with E-state index in [2.05, 4.69) is 27.7 Å². The minimum atomic E-state index is -4.97. The Morgan fingerprint density at radius 2 is 0.367 bits per heavy atom. The van der Waals surface area contributed by atoms with Crippen molar-refractivity contribution in [2.45, 2.75) is 515 Å². The molecule has 19 heteroatoms. The van der Waals surface area contributed by atoms with Crippen LogP contribution in [0.5, 0.6) is 0 Å². The second-order valence-corrected chi connectivity index (χ2v) is 35.3. The van der Waals surface area contributed by atoms with Crippen molar-refractivity contribution < 1.29 is 80.2 Å². The number of carbonyl (C=O) groups is 4. The fourth-order valence-electron chi connectivity index (χ4n) is 14.2. The predicted molar refractivity (Wildman–Crippen MR) is 451 cm³/mol. The summed E-state index contributed by atoms with van der Waals surface area (Å²) in [5.74, 6) is -2.09. The quantitative estimate of drug-likeness (QED) is 0.0222. The van der Waals surface area contributed by atoms with Crippen LogP contribution in [0.3, 0.4) is 0 Å². The zero-order chi connectivity index (χ0) is 79.6. The van der Waals surface area contributed by atoms with E-state index in [1.165, 1.54) is 327 Å². The summed E-state index contributed by atoms with van der Waals surface area (Å²) in [5.41, 5.74) is 0. The number of carbonyl (C=O) groups excluding carboxylic acids is 4. The second kappa shape index (κ2) is 84.0. The van der Waals surface area contributed by atoms with Crippen molar-refractivity contribution in [1.29, 1.82) is 0 Å². The summed E-state index contributed by atoms with van der Waals surface area (Å²) in [7, 11) is -9.93. The van der Waals surface area contributed by atoms with E-state index >= 15 is 0 Å². The molecular weight excluding hydrogens is 1410 g/mol. The molecule has 0 aromatic carbocycles. The molecule has 17 nitrogen and oxygen atoms in total. The van der Waals surface area contributed by atoms with Crippen molar-refractivity contribution in [2.24, 2.45) is 0 Å². The van der Waals surface area contributed by atoms with Gasteiger partial charge in [-0.1, -0.05) is 445 Å². The van der Waals surface area contributed by atoms with Crippen LogP contribution in [0.15, 0.2) is 0 Å². The molecular formula is C90H176O17P2. The summed E-state index contributed by atoms with van der Waals surface area (Å²) in [4.78, 5) is 73.4. The molecule has 0 aliphatic rings. The zero-order valence-electron chi connectivity index (χ0n) is 71.5. The molecule has 0 saturated heterocycles. The summed E-state index contributed by atoms with van der Waals surface area (Å²) in [6, 6.07) is 0. The third-order valence-corrected chi connectivity index (χ3v) is 23.3. The van der Waals surface area contributed by atoms with Crippen LogP contribution >= 0.6 is 15.6 Å². The van der Waals surface area contributed by atoms with E-state index in [4.69, 9.17) is 37.0 Å². The smallest absolute Gasteiger partial charge is 0.462 e. The zero-order valence-corrected chi connectivity index (χ0v) is 73.3. The molecule has 0 aromatic heterocycles. The van der Waals surface area contributed by atoms with Crippen molar-refractivity contribution in [3.8, 4) is 0 Å². The largest absolute Gasteiger partial charge is 0.472 e. The van der Waals surface area contributed by atoms with Gasteiger partial charge in [0, 0.05) is 25.7 Å². The number of aliphatic hydroxyl groups is 1. The Kier molecular flexibility index (Phi) is 82.5. The first kappa shape index (κ1) is 107. The van der Waals surface area contributed by atoms with Gasteiger partial charge in [0.05, 0.1) is 26.4 Å². The van der Waals surface area contributed by atoms with E-state index in [0.29, 0.717) is 25.7 Å². The van der Waals surface area contributed by atoms with Crippen LogP contribution in [0.25, 0.3) is 0 Å². The average molecular weight is 1590 g/mol. The minimum Gasteiger partial charge on any atom is -0.462 e. The highest BCUT2D eigenvalue weighted by atomic mass is 31.2. The van der Waals surface area contributed by atoms with E-state index in [1.54, 1.807) is 0 Å². The van der Waals surface area contributed by atoms with Crippen LogP contribution in [0.4, 0.5) is 0 Å². The van der Waals surface area contributed by atoms with Crippen molar-refractivity contribution in [3.05, 3.63) is 0 Å². The van der Waals surface area contributed by atoms with E-state index < -0.39 is 97.5 Å². The molecule has 648 valence electrons. The van der Waals surface area contributed by atoms with Crippen LogP contribution in [0, 0.1) is 0 Å². The van der Waals surface area contributed by atoms with Gasteiger partial charge in [0.2, 0.25) is 0 Å². The van der Waals surface area contributed by atoms with Crippen LogP contribution in [-0.4, -0.2) is 96.7 Å². The molecule has 5 atom stereocenters. The normalized spacial score (nSPS) is 13.6. The van der Waals surface area contributed by atoms with Crippen molar-refractivity contribution >= 4 is 39.5 Å². The highest BCUT2D eigenvalue weighted by molar-refractivity contribution is 7.47. The molecule has 0 aliphatic heterocycles. The lowest BCUT2D eigenvalue weighted by Crippen LogP contribution is -2.30. The molecule has 0 radical (unpaired) electrons. The van der Waals surface area contributed by atoms with Gasteiger partial charge in [0.25, 0.3) is 0 Å². The highest BCUT2D eigenvalue weighted by Gasteiger charge is 2.30. The summed E-state index contributed by atoms with van der Waals surface area (Å²) in [6.45, 7) is 5.08. The van der Waals surface area contributed by atoms with Crippen LogP contribution < -0.4 is 0 Å². The second-order valence-electron chi connectivity index (χ2n) is 32.3. The number of esters is 4. The van der Waals surface area contributed by atoms with E-state index in [-0.39, 0.29) is 25.7 Å². The van der Waals surface area contributed by atoms with Gasteiger partial charge in [-0.2, -0.15) is 0 Å². The first-order chi connectivity index (χ1) is 53.2. The van der Waals surface area contributed by atoms with E-state index in [0.717, 1.165) is 89.9 Å². The van der Waals surface area contributed by atoms with Gasteiger partial charge in [0.15, 0.2) is 12.2 Å². The van der Waals surface area contributed by atoms with Gasteiger partial charge >= 0.3 is 39.5 Å². The van der Waals surface area contributed by atoms with Crippen molar-refractivity contribution in [2.75, 3.05) is 39.6 Å². The van der Waals surface area contributed by atoms with Crippen LogP contribution in [0.1, 0.15) is 496 Å². The summed E-state index contributed by atoms with van der Waals surface area (Å²) >= 11 is 0. The summed E-state index contributed by atoms with van der Waals surface area (Å²) < 4.78 is 69.0.